The molecule has 17 heavy (non-hydrogen) atoms. The molecule has 0 aliphatic carbocycles. The van der Waals surface area contributed by atoms with Gasteiger partial charge in [0.1, 0.15) is 0 Å². The van der Waals surface area contributed by atoms with Gasteiger partial charge in [-0.1, -0.05) is 6.92 Å². The average Bonchev–Trinajstić information content (AvgIpc) is 2.39. The van der Waals surface area contributed by atoms with E-state index in [0.29, 0.717) is 0 Å². The Morgan fingerprint density at radius 1 is 1.18 bits per heavy atom. The smallest absolute Gasteiger partial charge is 0.00176 e. The maximum absolute atomic E-state index is 3.49. The topological polar surface area (TPSA) is 15.3 Å². The highest BCUT2D eigenvalue weighted by Crippen LogP contribution is 2.25. The summed E-state index contributed by atoms with van der Waals surface area (Å²) in [6, 6.07) is 0. The second-order valence-electron chi connectivity index (χ2n) is 5.63. The first-order valence-corrected chi connectivity index (χ1v) is 8.54. The molecule has 2 heterocycles. The highest BCUT2D eigenvalue weighted by molar-refractivity contribution is 7.99. The van der Waals surface area contributed by atoms with E-state index < -0.39 is 0 Å². The third-order valence-electron chi connectivity index (χ3n) is 4.16. The molecule has 2 nitrogen and oxygen atoms in total. The molecule has 0 aromatic rings. The van der Waals surface area contributed by atoms with Gasteiger partial charge < -0.3 is 10.2 Å². The summed E-state index contributed by atoms with van der Waals surface area (Å²) >= 11 is 2.17. The molecule has 1 unspecified atom stereocenters. The van der Waals surface area contributed by atoms with Crippen LogP contribution in [0.15, 0.2) is 0 Å². The fourth-order valence-electron chi connectivity index (χ4n) is 3.04. The van der Waals surface area contributed by atoms with Crippen molar-refractivity contribution < 1.29 is 0 Å². The third kappa shape index (κ3) is 4.80. The van der Waals surface area contributed by atoms with Crippen LogP contribution in [0.1, 0.15) is 32.6 Å². The standard InChI is InChI=1S/C14H28N2S/c1-2-15-10-13-5-7-16(8-6-13)11-14-4-3-9-17-12-14/h13-15H,2-12H2,1H3. The van der Waals surface area contributed by atoms with Crippen LogP contribution in [-0.2, 0) is 0 Å². The molecular weight excluding hydrogens is 228 g/mol. The predicted octanol–water partition coefficient (Wildman–Crippen LogP) is 2.45. The molecule has 0 bridgehead atoms. The number of hydrogen-bond acceptors (Lipinski definition) is 3. The van der Waals surface area contributed by atoms with E-state index in [1.165, 1.54) is 63.4 Å². The van der Waals surface area contributed by atoms with Gasteiger partial charge >= 0.3 is 0 Å². The monoisotopic (exact) mass is 256 g/mol. The lowest BCUT2D eigenvalue weighted by molar-refractivity contribution is 0.160. The molecule has 0 saturated carbocycles. The Bertz CT molecular complexity index is 196. The zero-order valence-corrected chi connectivity index (χ0v) is 12.1. The van der Waals surface area contributed by atoms with Crippen LogP contribution < -0.4 is 5.32 Å². The lowest BCUT2D eigenvalue weighted by Gasteiger charge is -2.35. The number of hydrogen-bond donors (Lipinski definition) is 1. The van der Waals surface area contributed by atoms with E-state index in [-0.39, 0.29) is 0 Å². The molecule has 0 aromatic carbocycles. The van der Waals surface area contributed by atoms with Crippen LogP contribution in [-0.4, -0.2) is 49.1 Å². The summed E-state index contributed by atoms with van der Waals surface area (Å²) < 4.78 is 0. The summed E-state index contributed by atoms with van der Waals surface area (Å²) in [5.74, 6) is 4.74. The van der Waals surface area contributed by atoms with Crippen LogP contribution in [0.4, 0.5) is 0 Å². The molecule has 0 aromatic heterocycles. The summed E-state index contributed by atoms with van der Waals surface area (Å²) in [7, 11) is 0. The number of nitrogens with one attached hydrogen (secondary N) is 1. The van der Waals surface area contributed by atoms with Crippen LogP contribution in [0.3, 0.4) is 0 Å². The van der Waals surface area contributed by atoms with Crippen molar-refractivity contribution in [1.29, 1.82) is 0 Å². The minimum Gasteiger partial charge on any atom is -0.317 e. The first-order chi connectivity index (χ1) is 8.38. The largest absolute Gasteiger partial charge is 0.317 e. The van der Waals surface area contributed by atoms with E-state index in [1.807, 2.05) is 0 Å². The van der Waals surface area contributed by atoms with Crippen LogP contribution in [0.2, 0.25) is 0 Å². The number of thioether (sulfide) groups is 1. The molecule has 1 N–H and O–H groups in total. The third-order valence-corrected chi connectivity index (χ3v) is 5.45. The maximum atomic E-state index is 3.49. The average molecular weight is 256 g/mol. The van der Waals surface area contributed by atoms with Gasteiger partial charge in [0.25, 0.3) is 0 Å². The van der Waals surface area contributed by atoms with Gasteiger partial charge in [0, 0.05) is 6.54 Å². The number of likely N-dealkylation sites (tertiary alicyclic amines) is 1. The number of piperidine rings is 1. The Morgan fingerprint density at radius 2 is 2.00 bits per heavy atom. The van der Waals surface area contributed by atoms with Crippen LogP contribution in [0.25, 0.3) is 0 Å². The Labute approximate surface area is 111 Å². The van der Waals surface area contributed by atoms with Gasteiger partial charge in [-0.25, -0.2) is 0 Å². The first kappa shape index (κ1) is 13.7. The van der Waals surface area contributed by atoms with E-state index in [1.54, 1.807) is 0 Å². The van der Waals surface area contributed by atoms with Crippen LogP contribution in [0, 0.1) is 11.8 Å². The van der Waals surface area contributed by atoms with E-state index in [9.17, 15) is 0 Å². The molecule has 2 aliphatic heterocycles. The van der Waals surface area contributed by atoms with Crippen molar-refractivity contribution >= 4 is 11.8 Å². The Morgan fingerprint density at radius 3 is 2.65 bits per heavy atom. The zero-order valence-electron chi connectivity index (χ0n) is 11.3. The molecular formula is C14H28N2S. The summed E-state index contributed by atoms with van der Waals surface area (Å²) in [6.45, 7) is 8.63. The van der Waals surface area contributed by atoms with Crippen molar-refractivity contribution in [2.45, 2.75) is 32.6 Å². The summed E-state index contributed by atoms with van der Waals surface area (Å²) in [5.41, 5.74) is 0. The Hall–Kier alpha value is 0.270. The SMILES string of the molecule is CCNCC1CCN(CC2CCCSC2)CC1. The van der Waals surface area contributed by atoms with Crippen molar-refractivity contribution in [1.82, 2.24) is 10.2 Å². The summed E-state index contributed by atoms with van der Waals surface area (Å²) in [6.07, 6.45) is 5.75. The Kier molecular flexibility index (Phi) is 6.16. The van der Waals surface area contributed by atoms with Gasteiger partial charge in [-0.05, 0) is 75.2 Å². The first-order valence-electron chi connectivity index (χ1n) is 7.39. The molecule has 3 heteroatoms. The van der Waals surface area contributed by atoms with Crippen LogP contribution >= 0.6 is 11.8 Å². The minimum atomic E-state index is 0.937. The van der Waals surface area contributed by atoms with E-state index in [0.717, 1.165) is 18.4 Å². The summed E-state index contributed by atoms with van der Waals surface area (Å²) in [5, 5.41) is 3.49. The van der Waals surface area contributed by atoms with Gasteiger partial charge in [-0.15, -0.1) is 0 Å². The lowest BCUT2D eigenvalue weighted by atomic mass is 9.95. The number of rotatable bonds is 5. The highest BCUT2D eigenvalue weighted by atomic mass is 32.2. The fourth-order valence-corrected chi connectivity index (χ4v) is 4.18. The molecule has 0 spiro atoms. The zero-order chi connectivity index (χ0) is 11.9. The van der Waals surface area contributed by atoms with E-state index >= 15 is 0 Å². The van der Waals surface area contributed by atoms with Crippen molar-refractivity contribution in [3.8, 4) is 0 Å². The molecule has 2 fully saturated rings. The van der Waals surface area contributed by atoms with E-state index in [4.69, 9.17) is 0 Å². The van der Waals surface area contributed by atoms with E-state index in [2.05, 4.69) is 28.9 Å². The maximum Gasteiger partial charge on any atom is 0.00176 e. The van der Waals surface area contributed by atoms with Crippen molar-refractivity contribution in [2.24, 2.45) is 11.8 Å². The van der Waals surface area contributed by atoms with Gasteiger partial charge in [0.15, 0.2) is 0 Å². The predicted molar refractivity (Wildman–Crippen MR) is 77.8 cm³/mol. The minimum absolute atomic E-state index is 0.937. The summed E-state index contributed by atoms with van der Waals surface area (Å²) in [4.78, 5) is 2.72. The quantitative estimate of drug-likeness (QED) is 0.813. The normalized spacial score (nSPS) is 28.4. The molecule has 0 radical (unpaired) electrons. The van der Waals surface area contributed by atoms with Gasteiger partial charge in [0.05, 0.1) is 0 Å². The van der Waals surface area contributed by atoms with Crippen molar-refractivity contribution in [3.63, 3.8) is 0 Å². The van der Waals surface area contributed by atoms with Gasteiger partial charge in [0.2, 0.25) is 0 Å². The fraction of sp³-hybridized carbons (Fsp3) is 1.00. The van der Waals surface area contributed by atoms with Crippen molar-refractivity contribution in [3.05, 3.63) is 0 Å². The second-order valence-corrected chi connectivity index (χ2v) is 6.78. The second kappa shape index (κ2) is 7.65. The molecule has 2 rings (SSSR count). The van der Waals surface area contributed by atoms with Crippen LogP contribution in [0.5, 0.6) is 0 Å². The molecule has 2 aliphatic rings. The molecule has 100 valence electrons. The van der Waals surface area contributed by atoms with Gasteiger partial charge in [-0.2, -0.15) is 11.8 Å². The number of nitrogens with zero attached hydrogens (tertiary/aromatic N) is 1. The van der Waals surface area contributed by atoms with Crippen molar-refractivity contribution in [2.75, 3.05) is 44.2 Å². The lowest BCUT2D eigenvalue weighted by Crippen LogP contribution is -2.40. The molecule has 1 atom stereocenters. The molecule has 0 amide bonds. The molecule has 2 saturated heterocycles. The highest BCUT2D eigenvalue weighted by Gasteiger charge is 2.22. The van der Waals surface area contributed by atoms with Gasteiger partial charge in [-0.3, -0.25) is 0 Å². The Balaban J connectivity index is 1.61.